The molecule has 5 nitrogen and oxygen atoms in total. The quantitative estimate of drug-likeness (QED) is 0.667. The lowest BCUT2D eigenvalue weighted by Gasteiger charge is -2.31. The van der Waals surface area contributed by atoms with Crippen LogP contribution in [0.3, 0.4) is 0 Å². The van der Waals surface area contributed by atoms with Gasteiger partial charge < -0.3 is 10.4 Å². The average molecular weight is 196 g/mol. The topological polar surface area (TPSA) is 63.0 Å². The molecule has 0 amide bonds. The number of hydrogen-bond donors (Lipinski definition) is 2. The third-order valence-corrected chi connectivity index (χ3v) is 2.69. The number of nitrogens with zero attached hydrogens (tertiary/aromatic N) is 3. The fraction of sp³-hybridized carbons (Fsp3) is 0.778. The van der Waals surface area contributed by atoms with Crippen LogP contribution >= 0.6 is 0 Å². The van der Waals surface area contributed by atoms with E-state index in [1.807, 2.05) is 13.2 Å². The minimum absolute atomic E-state index is 0.582. The van der Waals surface area contributed by atoms with Crippen molar-refractivity contribution in [2.45, 2.75) is 24.9 Å². The number of rotatable bonds is 2. The van der Waals surface area contributed by atoms with E-state index in [-0.39, 0.29) is 0 Å². The van der Waals surface area contributed by atoms with Crippen molar-refractivity contribution in [2.75, 3.05) is 13.1 Å². The van der Waals surface area contributed by atoms with Gasteiger partial charge in [0.25, 0.3) is 0 Å². The van der Waals surface area contributed by atoms with Gasteiger partial charge in [-0.2, -0.15) is 0 Å². The highest BCUT2D eigenvalue weighted by Gasteiger charge is 2.30. The molecule has 1 saturated heterocycles. The molecule has 0 atom stereocenters. The van der Waals surface area contributed by atoms with Crippen LogP contribution < -0.4 is 5.32 Å². The maximum atomic E-state index is 10.2. The lowest BCUT2D eigenvalue weighted by atomic mass is 9.88. The van der Waals surface area contributed by atoms with E-state index in [0.29, 0.717) is 6.42 Å². The molecule has 1 aromatic rings. The molecule has 0 aromatic carbocycles. The van der Waals surface area contributed by atoms with E-state index < -0.39 is 5.60 Å². The molecule has 78 valence electrons. The second-order valence-electron chi connectivity index (χ2n) is 4.03. The fourth-order valence-electron chi connectivity index (χ4n) is 1.88. The second-order valence-corrected chi connectivity index (χ2v) is 4.03. The van der Waals surface area contributed by atoms with Gasteiger partial charge in [0, 0.05) is 19.7 Å². The van der Waals surface area contributed by atoms with Gasteiger partial charge in [-0.05, 0) is 25.9 Å². The third-order valence-electron chi connectivity index (χ3n) is 2.69. The molecule has 0 bridgehead atoms. The summed E-state index contributed by atoms with van der Waals surface area (Å²) in [6.45, 7) is 1.77. The highest BCUT2D eigenvalue weighted by Crippen LogP contribution is 2.21. The number of hydrogen-bond acceptors (Lipinski definition) is 4. The Kier molecular flexibility index (Phi) is 2.52. The molecule has 2 heterocycles. The zero-order valence-electron chi connectivity index (χ0n) is 8.40. The van der Waals surface area contributed by atoms with Gasteiger partial charge in [-0.15, -0.1) is 5.10 Å². The first-order chi connectivity index (χ1) is 6.68. The van der Waals surface area contributed by atoms with Gasteiger partial charge in [-0.25, -0.2) is 0 Å². The third kappa shape index (κ3) is 2.10. The minimum atomic E-state index is -0.582. The van der Waals surface area contributed by atoms with Gasteiger partial charge in [0.1, 0.15) is 0 Å². The van der Waals surface area contributed by atoms with Crippen LogP contribution in [0.5, 0.6) is 0 Å². The van der Waals surface area contributed by atoms with Crippen molar-refractivity contribution in [3.63, 3.8) is 0 Å². The zero-order valence-corrected chi connectivity index (χ0v) is 8.40. The summed E-state index contributed by atoms with van der Waals surface area (Å²) < 4.78 is 1.67. The molecule has 1 fully saturated rings. The molecule has 0 radical (unpaired) electrons. The molecule has 0 spiro atoms. The molecule has 14 heavy (non-hydrogen) atoms. The van der Waals surface area contributed by atoms with Crippen molar-refractivity contribution >= 4 is 0 Å². The lowest BCUT2D eigenvalue weighted by molar-refractivity contribution is 0.01000. The van der Waals surface area contributed by atoms with Gasteiger partial charge in [-0.3, -0.25) is 4.68 Å². The van der Waals surface area contributed by atoms with Crippen molar-refractivity contribution in [3.05, 3.63) is 11.9 Å². The Labute approximate surface area is 83.1 Å². The van der Waals surface area contributed by atoms with Gasteiger partial charge in [0.2, 0.25) is 0 Å². The highest BCUT2D eigenvalue weighted by atomic mass is 16.3. The summed E-state index contributed by atoms with van der Waals surface area (Å²) in [5, 5.41) is 21.3. The SMILES string of the molecule is Cn1cc(CC2(O)CCNCC2)nn1. The Hall–Kier alpha value is -0.940. The van der Waals surface area contributed by atoms with Crippen molar-refractivity contribution in [2.24, 2.45) is 7.05 Å². The molecule has 0 saturated carbocycles. The predicted molar refractivity (Wildman–Crippen MR) is 51.8 cm³/mol. The first-order valence-electron chi connectivity index (χ1n) is 4.96. The molecule has 2 N–H and O–H groups in total. The van der Waals surface area contributed by atoms with Gasteiger partial charge in [-0.1, -0.05) is 5.21 Å². The molecule has 1 aliphatic rings. The van der Waals surface area contributed by atoms with E-state index in [1.54, 1.807) is 4.68 Å². The van der Waals surface area contributed by atoms with Crippen molar-refractivity contribution in [1.82, 2.24) is 20.3 Å². The first-order valence-corrected chi connectivity index (χ1v) is 4.96. The summed E-state index contributed by atoms with van der Waals surface area (Å²) in [6.07, 6.45) is 4.07. The molecule has 5 heteroatoms. The fourth-order valence-corrected chi connectivity index (χ4v) is 1.88. The molecule has 1 aliphatic heterocycles. The summed E-state index contributed by atoms with van der Waals surface area (Å²) in [4.78, 5) is 0. The maximum Gasteiger partial charge on any atom is 0.0855 e. The molecule has 0 aliphatic carbocycles. The Morgan fingerprint density at radius 1 is 1.57 bits per heavy atom. The number of aromatic nitrogens is 3. The summed E-state index contributed by atoms with van der Waals surface area (Å²) in [5.74, 6) is 0. The second kappa shape index (κ2) is 3.67. The van der Waals surface area contributed by atoms with Crippen LogP contribution in [0.4, 0.5) is 0 Å². The summed E-state index contributed by atoms with van der Waals surface area (Å²) in [7, 11) is 1.84. The summed E-state index contributed by atoms with van der Waals surface area (Å²) in [6, 6.07) is 0. The number of nitrogens with one attached hydrogen (secondary N) is 1. The first kappa shape index (κ1) is 9.61. The Morgan fingerprint density at radius 3 is 2.86 bits per heavy atom. The van der Waals surface area contributed by atoms with E-state index in [2.05, 4.69) is 15.6 Å². The number of aliphatic hydroxyl groups is 1. The number of piperidine rings is 1. The van der Waals surface area contributed by atoms with Crippen molar-refractivity contribution in [1.29, 1.82) is 0 Å². The van der Waals surface area contributed by atoms with E-state index in [1.165, 1.54) is 0 Å². The number of aryl methyl sites for hydroxylation is 1. The van der Waals surface area contributed by atoms with Crippen LogP contribution in [0.25, 0.3) is 0 Å². The van der Waals surface area contributed by atoms with Crippen LogP contribution in [-0.4, -0.2) is 38.8 Å². The maximum absolute atomic E-state index is 10.2. The lowest BCUT2D eigenvalue weighted by Crippen LogP contribution is -2.43. The van der Waals surface area contributed by atoms with Crippen LogP contribution in [0, 0.1) is 0 Å². The van der Waals surface area contributed by atoms with E-state index >= 15 is 0 Å². The zero-order chi connectivity index (χ0) is 10.0. The molecular formula is C9H16N4O. The van der Waals surface area contributed by atoms with Gasteiger partial charge in [0.15, 0.2) is 0 Å². The van der Waals surface area contributed by atoms with E-state index in [9.17, 15) is 5.11 Å². The van der Waals surface area contributed by atoms with Crippen molar-refractivity contribution < 1.29 is 5.11 Å². The van der Waals surface area contributed by atoms with E-state index in [0.717, 1.165) is 31.6 Å². The van der Waals surface area contributed by atoms with E-state index in [4.69, 9.17) is 0 Å². The standard InChI is InChI=1S/C9H16N4O/c1-13-7-8(11-12-13)6-9(14)2-4-10-5-3-9/h7,10,14H,2-6H2,1H3. The van der Waals surface area contributed by atoms with Crippen molar-refractivity contribution in [3.8, 4) is 0 Å². The smallest absolute Gasteiger partial charge is 0.0855 e. The molecular weight excluding hydrogens is 180 g/mol. The van der Waals surface area contributed by atoms with Crippen LogP contribution in [0.1, 0.15) is 18.5 Å². The average Bonchev–Trinajstić information content (AvgIpc) is 2.51. The predicted octanol–water partition coefficient (Wildman–Crippen LogP) is -0.528. The Bertz CT molecular complexity index is 304. The molecule has 2 rings (SSSR count). The summed E-state index contributed by atoms with van der Waals surface area (Å²) >= 11 is 0. The molecule has 1 aromatic heterocycles. The highest BCUT2D eigenvalue weighted by molar-refractivity contribution is 5.00. The summed E-state index contributed by atoms with van der Waals surface area (Å²) in [5.41, 5.74) is 0.290. The monoisotopic (exact) mass is 196 g/mol. The Balaban J connectivity index is 2.01. The normalized spacial score (nSPS) is 21.0. The minimum Gasteiger partial charge on any atom is -0.389 e. The Morgan fingerprint density at radius 2 is 2.29 bits per heavy atom. The molecule has 0 unspecified atom stereocenters. The van der Waals surface area contributed by atoms with Crippen LogP contribution in [0.15, 0.2) is 6.20 Å². The van der Waals surface area contributed by atoms with Gasteiger partial charge in [0.05, 0.1) is 11.3 Å². The van der Waals surface area contributed by atoms with Crippen LogP contribution in [0.2, 0.25) is 0 Å². The van der Waals surface area contributed by atoms with Crippen LogP contribution in [-0.2, 0) is 13.5 Å². The largest absolute Gasteiger partial charge is 0.389 e. The van der Waals surface area contributed by atoms with Gasteiger partial charge >= 0.3 is 0 Å².